The number of hydrogen-bond acceptors (Lipinski definition) is 11. The highest BCUT2D eigenvalue weighted by atomic mass is 16.5. The van der Waals surface area contributed by atoms with Crippen LogP contribution in [0.3, 0.4) is 0 Å². The highest BCUT2D eigenvalue weighted by Gasteiger charge is 2.49. The summed E-state index contributed by atoms with van der Waals surface area (Å²) < 4.78 is 20.4. The van der Waals surface area contributed by atoms with E-state index < -0.39 is 5.41 Å². The molecule has 0 saturated carbocycles. The van der Waals surface area contributed by atoms with E-state index in [-0.39, 0.29) is 18.2 Å². The number of nitrogens with zero attached hydrogens (tertiary/aromatic N) is 7. The Labute approximate surface area is 261 Å². The van der Waals surface area contributed by atoms with Crippen molar-refractivity contribution in [3.63, 3.8) is 0 Å². The number of nitrogen functional groups attached to an aromatic ring is 1. The first-order chi connectivity index (χ1) is 21.9. The molecule has 1 fully saturated rings. The van der Waals surface area contributed by atoms with Crippen LogP contribution in [-0.2, 0) is 36.1 Å². The molecule has 1 spiro atoms. The first-order valence-electron chi connectivity index (χ1n) is 15.8. The van der Waals surface area contributed by atoms with Crippen molar-refractivity contribution in [3.8, 4) is 29.3 Å². The zero-order valence-corrected chi connectivity index (χ0v) is 25.8. The number of benzene rings is 1. The van der Waals surface area contributed by atoms with Crippen molar-refractivity contribution < 1.29 is 14.0 Å². The number of nitrogens with two attached hydrogens (primary N) is 1. The Hall–Kier alpha value is -4.31. The number of rotatable bonds is 6. The van der Waals surface area contributed by atoms with E-state index in [9.17, 15) is 5.26 Å². The number of likely N-dealkylation sites (tertiary alicyclic amines) is 1. The molecule has 232 valence electrons. The number of fused-ring (bicyclic) bond motifs is 5. The molecule has 0 bridgehead atoms. The standard InChI is InChI=1S/C33H37N9O3/c1-18(30-25(43-3)9-12-41(30)2)44-27-13-26(42-17-20-15-36-16-24(20)39-42)37-32(38-27)29-21-5-4-10-33(31(21)45-40-29)11-8-19-6-7-23(35)22(14-34)28(19)33/h6-7,13,17-18,25,30,36H,4-5,8-12,15-16,35H2,1-3H3/t18-,25-,30+,33-/m0/s1. The predicted octanol–water partition coefficient (Wildman–Crippen LogP) is 3.43. The van der Waals surface area contributed by atoms with E-state index in [0.717, 1.165) is 91.9 Å². The fraction of sp³-hybridized carbons (Fsp3) is 0.485. The average Bonchev–Trinajstić information content (AvgIpc) is 3.86. The molecule has 3 aromatic heterocycles. The van der Waals surface area contributed by atoms with Gasteiger partial charge in [0, 0.05) is 55.8 Å². The van der Waals surface area contributed by atoms with Gasteiger partial charge >= 0.3 is 0 Å². The number of nitriles is 1. The second-order valence-electron chi connectivity index (χ2n) is 12.8. The summed E-state index contributed by atoms with van der Waals surface area (Å²) in [6.45, 7) is 4.50. The summed E-state index contributed by atoms with van der Waals surface area (Å²) in [5.74, 6) is 2.28. The fourth-order valence-corrected chi connectivity index (χ4v) is 8.24. The van der Waals surface area contributed by atoms with Gasteiger partial charge < -0.3 is 25.0 Å². The molecular weight excluding hydrogens is 570 g/mol. The lowest BCUT2D eigenvalue weighted by molar-refractivity contribution is 0.0174. The summed E-state index contributed by atoms with van der Waals surface area (Å²) in [4.78, 5) is 12.2. The van der Waals surface area contributed by atoms with E-state index in [1.807, 2.05) is 18.3 Å². The van der Waals surface area contributed by atoms with Gasteiger partial charge in [-0.2, -0.15) is 15.3 Å². The van der Waals surface area contributed by atoms with Crippen LogP contribution in [0.2, 0.25) is 0 Å². The Morgan fingerprint density at radius 1 is 1.20 bits per heavy atom. The van der Waals surface area contributed by atoms with Gasteiger partial charge in [-0.05, 0) is 69.7 Å². The van der Waals surface area contributed by atoms with Crippen molar-refractivity contribution in [3.05, 3.63) is 63.7 Å². The molecule has 1 aromatic carbocycles. The smallest absolute Gasteiger partial charge is 0.219 e. The van der Waals surface area contributed by atoms with Gasteiger partial charge in [0.2, 0.25) is 5.88 Å². The molecule has 3 N–H and O–H groups in total. The number of anilines is 1. The van der Waals surface area contributed by atoms with Crippen LogP contribution in [0.4, 0.5) is 5.69 Å². The molecule has 2 aliphatic carbocycles. The quantitative estimate of drug-likeness (QED) is 0.310. The monoisotopic (exact) mass is 607 g/mol. The summed E-state index contributed by atoms with van der Waals surface area (Å²) >= 11 is 0. The Morgan fingerprint density at radius 3 is 2.91 bits per heavy atom. The van der Waals surface area contributed by atoms with E-state index in [1.54, 1.807) is 11.8 Å². The Balaban J connectivity index is 1.23. The Morgan fingerprint density at radius 2 is 2.09 bits per heavy atom. The zero-order chi connectivity index (χ0) is 30.9. The first-order valence-corrected chi connectivity index (χ1v) is 15.8. The highest BCUT2D eigenvalue weighted by Crippen LogP contribution is 2.54. The second kappa shape index (κ2) is 10.7. The number of nitrogens with one attached hydrogen (secondary N) is 1. The first kappa shape index (κ1) is 28.2. The van der Waals surface area contributed by atoms with Crippen molar-refractivity contribution in [2.24, 2.45) is 0 Å². The minimum atomic E-state index is -0.446. The normalized spacial score (nSPS) is 24.4. The third kappa shape index (κ3) is 4.36. The Kier molecular flexibility index (Phi) is 6.67. The molecule has 12 nitrogen and oxygen atoms in total. The maximum absolute atomic E-state index is 10.1. The molecule has 0 amide bonds. The second-order valence-corrected chi connectivity index (χ2v) is 12.8. The molecule has 12 heteroatoms. The molecule has 8 rings (SSSR count). The summed E-state index contributed by atoms with van der Waals surface area (Å²) in [6, 6.07) is 8.20. The number of aromatic nitrogens is 5. The van der Waals surface area contributed by atoms with Crippen LogP contribution in [0.25, 0.3) is 17.3 Å². The fourth-order valence-electron chi connectivity index (χ4n) is 8.24. The van der Waals surface area contributed by atoms with Gasteiger partial charge in [0.15, 0.2) is 23.1 Å². The minimum Gasteiger partial charge on any atom is -0.473 e. The van der Waals surface area contributed by atoms with Gasteiger partial charge in [0.05, 0.1) is 28.8 Å². The minimum absolute atomic E-state index is 0.0766. The van der Waals surface area contributed by atoms with Crippen LogP contribution in [-0.4, -0.2) is 68.8 Å². The van der Waals surface area contributed by atoms with E-state index in [4.69, 9.17) is 34.8 Å². The van der Waals surface area contributed by atoms with Crippen LogP contribution < -0.4 is 15.8 Å². The maximum atomic E-state index is 10.1. The lowest BCUT2D eigenvalue weighted by Crippen LogP contribution is -2.44. The molecule has 4 aromatic rings. The van der Waals surface area contributed by atoms with E-state index >= 15 is 0 Å². The molecule has 0 radical (unpaired) electrons. The lowest BCUT2D eigenvalue weighted by Gasteiger charge is -2.33. The topological polar surface area (TPSA) is 153 Å². The van der Waals surface area contributed by atoms with E-state index in [2.05, 4.69) is 41.5 Å². The number of hydrogen-bond donors (Lipinski definition) is 2. The number of likely N-dealkylation sites (N-methyl/N-ethyl adjacent to an activating group) is 1. The molecule has 4 atom stereocenters. The van der Waals surface area contributed by atoms with Crippen molar-refractivity contribution >= 4 is 5.69 Å². The summed E-state index contributed by atoms with van der Waals surface area (Å²) in [6.07, 6.45) is 7.12. The zero-order valence-electron chi connectivity index (χ0n) is 25.8. The van der Waals surface area contributed by atoms with Gasteiger partial charge in [-0.3, -0.25) is 4.90 Å². The Bertz CT molecular complexity index is 1820. The maximum Gasteiger partial charge on any atom is 0.219 e. The third-order valence-corrected chi connectivity index (χ3v) is 10.4. The molecule has 45 heavy (non-hydrogen) atoms. The van der Waals surface area contributed by atoms with Gasteiger partial charge in [0.25, 0.3) is 0 Å². The van der Waals surface area contributed by atoms with E-state index in [1.165, 1.54) is 0 Å². The van der Waals surface area contributed by atoms with Crippen molar-refractivity contribution in [1.29, 1.82) is 5.26 Å². The highest BCUT2D eigenvalue weighted by molar-refractivity contribution is 5.68. The lowest BCUT2D eigenvalue weighted by atomic mass is 9.68. The largest absolute Gasteiger partial charge is 0.473 e. The van der Waals surface area contributed by atoms with Crippen LogP contribution in [0.1, 0.15) is 71.9 Å². The average molecular weight is 608 g/mol. The van der Waals surface area contributed by atoms with Crippen LogP contribution in [0, 0.1) is 11.3 Å². The van der Waals surface area contributed by atoms with Gasteiger partial charge in [-0.15, -0.1) is 0 Å². The molecule has 0 unspecified atom stereocenters. The van der Waals surface area contributed by atoms with Crippen LogP contribution >= 0.6 is 0 Å². The molecule has 2 aliphatic heterocycles. The number of aryl methyl sites for hydroxylation is 1. The molecule has 5 heterocycles. The van der Waals surface area contributed by atoms with E-state index in [0.29, 0.717) is 34.5 Å². The van der Waals surface area contributed by atoms with Crippen LogP contribution in [0.15, 0.2) is 28.9 Å². The molecule has 4 aliphatic rings. The van der Waals surface area contributed by atoms with Crippen molar-refractivity contribution in [1.82, 2.24) is 35.1 Å². The third-order valence-electron chi connectivity index (χ3n) is 10.4. The molecule has 1 saturated heterocycles. The van der Waals surface area contributed by atoms with Gasteiger partial charge in [-0.25, -0.2) is 9.67 Å². The SMILES string of the molecule is CO[C@H]1CCN(C)[C@@H]1[C@H](C)Oc1cc(-n2cc3c(n2)CNC3)nc(-c2noc3c2CCC[C@@]32CCc3ccc(N)c(C#N)c32)n1. The summed E-state index contributed by atoms with van der Waals surface area (Å²) in [5, 5.41) is 22.9. The van der Waals surface area contributed by atoms with Crippen molar-refractivity contribution in [2.45, 2.75) is 82.2 Å². The number of methoxy groups -OCH3 is 1. The number of ether oxygens (including phenoxy) is 2. The van der Waals surface area contributed by atoms with Gasteiger partial charge in [0.1, 0.15) is 12.2 Å². The predicted molar refractivity (Wildman–Crippen MR) is 165 cm³/mol. The van der Waals surface area contributed by atoms with Crippen molar-refractivity contribution in [2.75, 3.05) is 26.4 Å². The molecular formula is C33H37N9O3. The van der Waals surface area contributed by atoms with Gasteiger partial charge in [-0.1, -0.05) is 11.2 Å². The summed E-state index contributed by atoms with van der Waals surface area (Å²) in [5.41, 5.74) is 12.8. The van der Waals surface area contributed by atoms with Crippen LogP contribution in [0.5, 0.6) is 5.88 Å². The summed E-state index contributed by atoms with van der Waals surface area (Å²) in [7, 11) is 3.86.